The molecule has 0 aromatic heterocycles. The van der Waals surface area contributed by atoms with Crippen molar-refractivity contribution in [2.45, 2.75) is 0 Å². The number of hydrogen-bond acceptors (Lipinski definition) is 1. The number of hydrogen-bond donors (Lipinski definition) is 1. The first kappa shape index (κ1) is 10.1. The van der Waals surface area contributed by atoms with Crippen molar-refractivity contribution >= 4 is 22.1 Å². The van der Waals surface area contributed by atoms with Crippen LogP contribution >= 0.6 is 0 Å². The van der Waals surface area contributed by atoms with Gasteiger partial charge in [0.15, 0.2) is 1.41 Å². The molecule has 0 unspecified atom stereocenters. The third kappa shape index (κ3) is 3.63. The molecule has 0 fully saturated rings. The van der Waals surface area contributed by atoms with Crippen LogP contribution in [0.2, 0.25) is 1.41 Å². The molecule has 0 amide bonds. The lowest BCUT2D eigenvalue weighted by atomic mass is 9.93. The van der Waals surface area contributed by atoms with Crippen LogP contribution in [0.5, 0.6) is 0 Å². The maximum absolute atomic E-state index is 8.77. The fourth-order valence-electron chi connectivity index (χ4n) is 3.27. The van der Waals surface area contributed by atoms with E-state index in [4.69, 9.17) is 12.4 Å². The largest absolute Gasteiger partial charge is 0.356 e. The van der Waals surface area contributed by atoms with Crippen LogP contribution in [0.15, 0.2) is 121 Å². The summed E-state index contributed by atoms with van der Waals surface area (Å²) in [5.41, 5.74) is 1.70. The minimum atomic E-state index is -0.554. The zero-order valence-corrected chi connectivity index (χ0v) is 15.4. The van der Waals surface area contributed by atoms with Crippen molar-refractivity contribution in [1.29, 1.82) is 0 Å². The van der Waals surface area contributed by atoms with Crippen LogP contribution in [-0.2, 0) is 0 Å². The Morgan fingerprint density at radius 1 is 0.586 bits per heavy atom. The highest BCUT2D eigenvalue weighted by Gasteiger charge is 2.08. The summed E-state index contributed by atoms with van der Waals surface area (Å²) in [4.78, 5) is 0. The minimum Gasteiger partial charge on any atom is -0.356 e. The van der Waals surface area contributed by atoms with Crippen LogP contribution in [0.4, 0.5) is 11.4 Å². The van der Waals surface area contributed by atoms with Gasteiger partial charge in [-0.15, -0.1) is 0 Å². The van der Waals surface area contributed by atoms with Crippen molar-refractivity contribution in [2.75, 3.05) is 5.31 Å². The summed E-state index contributed by atoms with van der Waals surface area (Å²) in [7, 11) is 0. The van der Waals surface area contributed by atoms with Crippen LogP contribution < -0.4 is 5.31 Å². The zero-order valence-electron chi connectivity index (χ0n) is 24.4. The van der Waals surface area contributed by atoms with Crippen molar-refractivity contribution in [3.8, 4) is 22.3 Å². The normalized spacial score (nSPS) is 15.1. The molecule has 5 aromatic carbocycles. The number of nitrogens with one attached hydrogen (secondary N) is 1. The lowest BCUT2D eigenvalue weighted by molar-refractivity contribution is 1.54. The Labute approximate surface area is 184 Å². The number of benzene rings is 5. The molecule has 0 aliphatic carbocycles. The van der Waals surface area contributed by atoms with E-state index in [-0.39, 0.29) is 29.4 Å². The SMILES string of the molecule is [2H]c1cc(N([2H])c2c([2H])c([2H])c(-c3cc(-c4ccccc4)c4ccccc4c3)c([2H])c2[2H])c([2H])c([2H])c1[2H]. The Hall–Kier alpha value is -3.84. The molecule has 5 rings (SSSR count). The third-order valence-corrected chi connectivity index (χ3v) is 4.61. The first-order valence-corrected chi connectivity index (χ1v) is 9.17. The molecule has 0 heterocycles. The Balaban J connectivity index is 1.74. The Morgan fingerprint density at radius 2 is 1.38 bits per heavy atom. The van der Waals surface area contributed by atoms with E-state index in [1.54, 1.807) is 0 Å². The summed E-state index contributed by atoms with van der Waals surface area (Å²) < 4.78 is 75.1. The average Bonchev–Trinajstić information content (AvgIpc) is 2.93. The standard InChI is InChI=1S/C28H21N/c1-3-9-22(10-4-1)28-20-24(19-23-11-7-8-14-27(23)28)21-15-17-26(18-16-21)29-25-12-5-2-6-13-25/h1-20,29H/i2D,5D,6D,12D,15D,16D,17D,18D/hD. The minimum absolute atomic E-state index is 0.0787. The van der Waals surface area contributed by atoms with Gasteiger partial charge in [0.25, 0.3) is 0 Å². The molecule has 0 atom stereocenters. The Kier molecular flexibility index (Phi) is 2.66. The molecular weight excluding hydrogens is 350 g/mol. The summed E-state index contributed by atoms with van der Waals surface area (Å²) >= 11 is 0. The summed E-state index contributed by atoms with van der Waals surface area (Å²) in [5, 5.41) is 2.38. The molecule has 29 heavy (non-hydrogen) atoms. The quantitative estimate of drug-likeness (QED) is 0.334. The van der Waals surface area contributed by atoms with Crippen molar-refractivity contribution in [1.82, 2.24) is 0 Å². The van der Waals surface area contributed by atoms with Gasteiger partial charge in [-0.2, -0.15) is 0 Å². The van der Waals surface area contributed by atoms with Gasteiger partial charge >= 0.3 is 0 Å². The molecule has 0 aliphatic heterocycles. The highest BCUT2D eigenvalue weighted by atomic mass is 14.9. The summed E-state index contributed by atoms with van der Waals surface area (Å²) in [5.74, 6) is 0. The van der Waals surface area contributed by atoms with Gasteiger partial charge in [-0.25, -0.2) is 0 Å². The van der Waals surface area contributed by atoms with E-state index in [1.807, 2.05) is 66.7 Å². The maximum Gasteiger partial charge on any atom is 0.167 e. The lowest BCUT2D eigenvalue weighted by Gasteiger charge is -2.12. The van der Waals surface area contributed by atoms with Crippen LogP contribution in [-0.4, -0.2) is 0 Å². The maximum atomic E-state index is 8.77. The second kappa shape index (κ2) is 7.65. The van der Waals surface area contributed by atoms with Crippen molar-refractivity contribution in [3.63, 3.8) is 0 Å². The Bertz CT molecular complexity index is 1690. The highest BCUT2D eigenvalue weighted by Crippen LogP contribution is 2.34. The molecule has 0 radical (unpaired) electrons. The molecule has 5 aromatic rings. The average molecular weight is 381 g/mol. The van der Waals surface area contributed by atoms with Crippen molar-refractivity contribution < 1.29 is 12.4 Å². The van der Waals surface area contributed by atoms with E-state index < -0.39 is 35.9 Å². The summed E-state index contributed by atoms with van der Waals surface area (Å²) in [6, 6.07) is 18.5. The molecule has 0 spiro atoms. The van der Waals surface area contributed by atoms with Gasteiger partial charge in [0, 0.05) is 11.4 Å². The van der Waals surface area contributed by atoms with E-state index in [0.717, 1.165) is 28.0 Å². The Morgan fingerprint density at radius 3 is 2.24 bits per heavy atom. The second-order valence-corrected chi connectivity index (χ2v) is 6.50. The molecular formula is C28H21N. The van der Waals surface area contributed by atoms with Gasteiger partial charge in [-0.1, -0.05) is 84.8 Å². The predicted octanol–water partition coefficient (Wildman–Crippen LogP) is 7.92. The topological polar surface area (TPSA) is 12.0 Å². The number of fused-ring (bicyclic) bond motifs is 1. The summed E-state index contributed by atoms with van der Waals surface area (Å²) in [6.45, 7) is 0. The van der Waals surface area contributed by atoms with Crippen molar-refractivity contribution in [3.05, 3.63) is 121 Å². The van der Waals surface area contributed by atoms with E-state index in [2.05, 4.69) is 0 Å². The van der Waals surface area contributed by atoms with Gasteiger partial charge in [-0.3, -0.25) is 0 Å². The van der Waals surface area contributed by atoms with E-state index >= 15 is 0 Å². The number of para-hydroxylation sites is 1. The van der Waals surface area contributed by atoms with Gasteiger partial charge in [0.1, 0.15) is 0 Å². The number of anilines is 2. The molecule has 0 saturated heterocycles. The van der Waals surface area contributed by atoms with Crippen LogP contribution in [0, 0.1) is 0 Å². The molecule has 138 valence electrons. The monoisotopic (exact) mass is 380 g/mol. The molecule has 0 bridgehead atoms. The molecule has 1 heteroatoms. The van der Waals surface area contributed by atoms with Crippen LogP contribution in [0.3, 0.4) is 0 Å². The first-order chi connectivity index (χ1) is 18.1. The zero-order chi connectivity index (χ0) is 27.3. The van der Waals surface area contributed by atoms with E-state index in [9.17, 15) is 0 Å². The highest BCUT2D eigenvalue weighted by molar-refractivity contribution is 6.00. The molecule has 1 N–H and O–H groups in total. The van der Waals surface area contributed by atoms with Gasteiger partial charge in [0.05, 0.1) is 11.0 Å². The van der Waals surface area contributed by atoms with Crippen LogP contribution in [0.25, 0.3) is 33.0 Å². The predicted molar refractivity (Wildman–Crippen MR) is 125 cm³/mol. The second-order valence-electron chi connectivity index (χ2n) is 6.50. The van der Waals surface area contributed by atoms with E-state index in [0.29, 0.717) is 10.9 Å². The van der Waals surface area contributed by atoms with Crippen molar-refractivity contribution in [2.24, 2.45) is 0 Å². The van der Waals surface area contributed by atoms with E-state index in [1.165, 1.54) is 0 Å². The molecule has 1 nitrogen and oxygen atoms in total. The smallest absolute Gasteiger partial charge is 0.167 e. The fraction of sp³-hybridized carbons (Fsp3) is 0. The fourth-order valence-corrected chi connectivity index (χ4v) is 3.27. The lowest BCUT2D eigenvalue weighted by Crippen LogP contribution is -1.90. The first-order valence-electron chi connectivity index (χ1n) is 13.6. The summed E-state index contributed by atoms with van der Waals surface area (Å²) in [6.07, 6.45) is 0. The molecule has 0 saturated carbocycles. The van der Waals surface area contributed by atoms with Gasteiger partial charge in [0.2, 0.25) is 0 Å². The number of rotatable bonds is 4. The molecule has 0 aliphatic rings. The third-order valence-electron chi connectivity index (χ3n) is 4.61. The van der Waals surface area contributed by atoms with Gasteiger partial charge < -0.3 is 5.31 Å². The van der Waals surface area contributed by atoms with Crippen LogP contribution in [0.1, 0.15) is 11.0 Å². The van der Waals surface area contributed by atoms with Gasteiger partial charge in [-0.05, 0) is 69.4 Å².